The highest BCUT2D eigenvalue weighted by Crippen LogP contribution is 2.44. The van der Waals surface area contributed by atoms with Crippen LogP contribution in [-0.4, -0.2) is 59.8 Å². The van der Waals surface area contributed by atoms with Crippen LogP contribution in [0, 0.1) is 5.92 Å². The summed E-state index contributed by atoms with van der Waals surface area (Å²) in [5, 5.41) is 15.1. The monoisotopic (exact) mass is 569 g/mol. The number of hydrogen-bond donors (Lipinski definition) is 3. The molecule has 0 bridgehead atoms. The second-order valence-electron chi connectivity index (χ2n) is 11.4. The Morgan fingerprint density at radius 1 is 0.929 bits per heavy atom. The molecule has 3 N–H and O–H groups in total. The van der Waals surface area contributed by atoms with Crippen LogP contribution in [0.15, 0.2) is 78.9 Å². The number of alkyl carbamates (subject to hydrolysis) is 1. The minimum atomic E-state index is -1.14. The van der Waals surface area contributed by atoms with E-state index in [2.05, 4.69) is 51.9 Å². The van der Waals surface area contributed by atoms with Gasteiger partial charge in [0.1, 0.15) is 12.1 Å². The third-order valence-electron chi connectivity index (χ3n) is 8.67. The highest BCUT2D eigenvalue weighted by atomic mass is 16.5. The molecule has 1 heterocycles. The van der Waals surface area contributed by atoms with Crippen LogP contribution in [0.5, 0.6) is 0 Å². The molecular formula is C34H39N3O5. The Kier molecular flexibility index (Phi) is 9.22. The third-order valence-corrected chi connectivity index (χ3v) is 8.67. The van der Waals surface area contributed by atoms with E-state index in [9.17, 15) is 19.5 Å². The van der Waals surface area contributed by atoms with Gasteiger partial charge in [0.05, 0.1) is 0 Å². The molecule has 5 rings (SSSR count). The van der Waals surface area contributed by atoms with E-state index >= 15 is 0 Å². The van der Waals surface area contributed by atoms with Crippen LogP contribution < -0.4 is 10.6 Å². The number of fused-ring (bicyclic) bond motifs is 3. The van der Waals surface area contributed by atoms with Crippen molar-refractivity contribution in [1.29, 1.82) is 0 Å². The Balaban J connectivity index is 1.27. The Morgan fingerprint density at radius 3 is 2.12 bits per heavy atom. The number of aliphatic carboxylic acids is 1. The lowest BCUT2D eigenvalue weighted by Gasteiger charge is -2.41. The fourth-order valence-electron chi connectivity index (χ4n) is 6.19. The Hall–Kier alpha value is -4.17. The predicted octanol–water partition coefficient (Wildman–Crippen LogP) is 5.18. The quantitative estimate of drug-likeness (QED) is 0.294. The molecule has 1 saturated heterocycles. The van der Waals surface area contributed by atoms with Crippen molar-refractivity contribution in [3.63, 3.8) is 0 Å². The fourth-order valence-corrected chi connectivity index (χ4v) is 6.19. The second kappa shape index (κ2) is 13.2. The van der Waals surface area contributed by atoms with Crippen molar-refractivity contribution in [2.45, 2.75) is 50.6 Å². The molecule has 0 radical (unpaired) electrons. The van der Waals surface area contributed by atoms with Gasteiger partial charge in [0, 0.05) is 38.5 Å². The number of ether oxygens (including phenoxy) is 1. The number of carbonyl (C=O) groups is 3. The maximum atomic E-state index is 13.7. The van der Waals surface area contributed by atoms with E-state index in [-0.39, 0.29) is 37.3 Å². The normalized spacial score (nSPS) is 16.6. The molecule has 220 valence electrons. The summed E-state index contributed by atoms with van der Waals surface area (Å²) in [5.74, 6) is -1.45. The van der Waals surface area contributed by atoms with Crippen LogP contribution in [0.25, 0.3) is 11.1 Å². The summed E-state index contributed by atoms with van der Waals surface area (Å²) in [4.78, 5) is 40.5. The Morgan fingerprint density at radius 2 is 1.52 bits per heavy atom. The van der Waals surface area contributed by atoms with Crippen molar-refractivity contribution in [2.75, 3.05) is 26.2 Å². The number of rotatable bonds is 11. The van der Waals surface area contributed by atoms with Gasteiger partial charge in [0.25, 0.3) is 0 Å². The number of piperidine rings is 1. The molecule has 8 heteroatoms. The van der Waals surface area contributed by atoms with Gasteiger partial charge in [-0.25, -0.2) is 4.79 Å². The van der Waals surface area contributed by atoms with Crippen molar-refractivity contribution in [1.82, 2.24) is 15.5 Å². The van der Waals surface area contributed by atoms with Crippen LogP contribution in [0.3, 0.4) is 0 Å². The maximum Gasteiger partial charge on any atom is 0.408 e. The SMILES string of the molecule is CCC(CNC(=O)C1(NC(=O)OCC2c3ccccc3-c3ccccc32)CCN(Cc2ccccc2)CC1)CC(=O)O. The predicted molar refractivity (Wildman–Crippen MR) is 161 cm³/mol. The standard InChI is InChI=1S/C34H39N3O5/c1-2-24(20-31(38)39)21-35-32(40)34(16-18-37(19-17-34)22-25-10-4-3-5-11-25)36-33(41)42-23-30-28-14-8-6-12-26(28)27-13-7-9-15-29(27)30/h3-15,24,30H,2,16-23H2,1H3,(H,35,40)(H,36,41)(H,38,39). The van der Waals surface area contributed by atoms with E-state index < -0.39 is 17.6 Å². The van der Waals surface area contributed by atoms with Gasteiger partial charge >= 0.3 is 12.1 Å². The van der Waals surface area contributed by atoms with E-state index in [4.69, 9.17) is 4.74 Å². The van der Waals surface area contributed by atoms with E-state index in [0.29, 0.717) is 32.4 Å². The van der Waals surface area contributed by atoms with Crippen LogP contribution in [0.4, 0.5) is 4.79 Å². The first kappa shape index (κ1) is 29.3. The van der Waals surface area contributed by atoms with Crippen molar-refractivity contribution in [3.05, 3.63) is 95.6 Å². The average molecular weight is 570 g/mol. The number of carbonyl (C=O) groups excluding carboxylic acids is 2. The summed E-state index contributed by atoms with van der Waals surface area (Å²) in [5.41, 5.74) is 4.59. The smallest absolute Gasteiger partial charge is 0.408 e. The summed E-state index contributed by atoms with van der Waals surface area (Å²) >= 11 is 0. The van der Waals surface area contributed by atoms with Gasteiger partial charge in [0.2, 0.25) is 5.91 Å². The molecule has 1 atom stereocenters. The number of likely N-dealkylation sites (tertiary alicyclic amines) is 1. The number of amides is 2. The topological polar surface area (TPSA) is 108 Å². The molecule has 1 unspecified atom stereocenters. The lowest BCUT2D eigenvalue weighted by molar-refractivity contribution is -0.138. The molecule has 2 amide bonds. The zero-order valence-electron chi connectivity index (χ0n) is 24.1. The fraction of sp³-hybridized carbons (Fsp3) is 0.382. The maximum absolute atomic E-state index is 13.7. The van der Waals surface area contributed by atoms with Crippen LogP contribution in [0.2, 0.25) is 0 Å². The van der Waals surface area contributed by atoms with Crippen molar-refractivity contribution >= 4 is 18.0 Å². The zero-order chi connectivity index (χ0) is 29.5. The number of hydrogen-bond acceptors (Lipinski definition) is 5. The van der Waals surface area contributed by atoms with Gasteiger partial charge in [-0.3, -0.25) is 14.5 Å². The van der Waals surface area contributed by atoms with Crippen molar-refractivity contribution in [3.8, 4) is 11.1 Å². The number of carboxylic acids is 1. The molecule has 3 aromatic carbocycles. The minimum Gasteiger partial charge on any atom is -0.481 e. The van der Waals surface area contributed by atoms with E-state index in [0.717, 1.165) is 28.8 Å². The lowest BCUT2D eigenvalue weighted by atomic mass is 9.86. The average Bonchev–Trinajstić information content (AvgIpc) is 3.33. The number of benzene rings is 3. The number of nitrogens with zero attached hydrogens (tertiary/aromatic N) is 1. The summed E-state index contributed by atoms with van der Waals surface area (Å²) in [6, 6.07) is 26.5. The third kappa shape index (κ3) is 6.65. The van der Waals surface area contributed by atoms with Gasteiger partial charge < -0.3 is 20.5 Å². The number of nitrogens with one attached hydrogen (secondary N) is 2. The molecule has 0 saturated carbocycles. The van der Waals surface area contributed by atoms with Gasteiger partial charge in [-0.15, -0.1) is 0 Å². The lowest BCUT2D eigenvalue weighted by Crippen LogP contribution is -2.63. The molecule has 42 heavy (non-hydrogen) atoms. The first-order valence-electron chi connectivity index (χ1n) is 14.8. The summed E-state index contributed by atoms with van der Waals surface area (Å²) < 4.78 is 5.82. The highest BCUT2D eigenvalue weighted by Gasteiger charge is 2.43. The zero-order valence-corrected chi connectivity index (χ0v) is 24.1. The molecule has 2 aliphatic rings. The molecule has 0 spiro atoms. The van der Waals surface area contributed by atoms with Crippen LogP contribution in [0.1, 0.15) is 55.2 Å². The first-order valence-corrected chi connectivity index (χ1v) is 14.8. The molecule has 3 aromatic rings. The molecular weight excluding hydrogens is 530 g/mol. The van der Waals surface area contributed by atoms with E-state index in [1.807, 2.05) is 49.4 Å². The van der Waals surface area contributed by atoms with Crippen molar-refractivity contribution < 1.29 is 24.2 Å². The van der Waals surface area contributed by atoms with Crippen LogP contribution >= 0.6 is 0 Å². The molecule has 8 nitrogen and oxygen atoms in total. The Labute approximate surface area is 247 Å². The molecule has 1 aliphatic carbocycles. The van der Waals surface area contributed by atoms with Gasteiger partial charge in [-0.2, -0.15) is 0 Å². The van der Waals surface area contributed by atoms with Gasteiger partial charge in [-0.05, 0) is 46.6 Å². The second-order valence-corrected chi connectivity index (χ2v) is 11.4. The summed E-state index contributed by atoms with van der Waals surface area (Å²) in [6.45, 7) is 4.32. The molecule has 0 aromatic heterocycles. The van der Waals surface area contributed by atoms with Gasteiger partial charge in [0.15, 0.2) is 0 Å². The van der Waals surface area contributed by atoms with Crippen molar-refractivity contribution in [2.24, 2.45) is 5.92 Å². The van der Waals surface area contributed by atoms with E-state index in [1.54, 1.807) is 0 Å². The first-order chi connectivity index (χ1) is 20.4. The van der Waals surface area contributed by atoms with E-state index in [1.165, 1.54) is 5.56 Å². The Bertz CT molecular complexity index is 1360. The largest absolute Gasteiger partial charge is 0.481 e. The van der Waals surface area contributed by atoms with Crippen LogP contribution in [-0.2, 0) is 20.9 Å². The molecule has 1 fully saturated rings. The van der Waals surface area contributed by atoms with Gasteiger partial charge in [-0.1, -0.05) is 92.2 Å². The number of carboxylic acid groups (broad SMARTS) is 1. The summed E-state index contributed by atoms with van der Waals surface area (Å²) in [7, 11) is 0. The summed E-state index contributed by atoms with van der Waals surface area (Å²) in [6.07, 6.45) is 0.830. The molecule has 1 aliphatic heterocycles. The minimum absolute atomic E-state index is 0.0194. The highest BCUT2D eigenvalue weighted by molar-refractivity contribution is 5.90.